The lowest BCUT2D eigenvalue weighted by Crippen LogP contribution is -2.11. The van der Waals surface area contributed by atoms with Crippen molar-refractivity contribution in [2.75, 3.05) is 0 Å². The summed E-state index contributed by atoms with van der Waals surface area (Å²) in [5.41, 5.74) is 4.02. The van der Waals surface area contributed by atoms with E-state index in [0.29, 0.717) is 5.58 Å². The van der Waals surface area contributed by atoms with Gasteiger partial charge in [-0.2, -0.15) is 0 Å². The summed E-state index contributed by atoms with van der Waals surface area (Å²) in [5.74, 6) is 1.05. The second-order valence-electron chi connectivity index (χ2n) is 5.71. The van der Waals surface area contributed by atoms with Crippen LogP contribution in [0, 0.1) is 20.8 Å². The van der Waals surface area contributed by atoms with E-state index in [0.717, 1.165) is 38.8 Å². The Morgan fingerprint density at radius 1 is 0.900 bits per heavy atom. The molecule has 2 aromatic heterocycles. The van der Waals surface area contributed by atoms with Gasteiger partial charge in [0, 0.05) is 22.4 Å². The molecule has 3 aromatic rings. The average Bonchev–Trinajstić information content (AvgIpc) is 2.62. The molecule has 3 nitrogen and oxygen atoms in total. The van der Waals surface area contributed by atoms with Gasteiger partial charge in [-0.25, -0.2) is 4.79 Å². The molecule has 0 fully saturated rings. The monoisotopic (exact) mass is 270 g/mol. The van der Waals surface area contributed by atoms with Crippen LogP contribution in [0.1, 0.15) is 42.2 Å². The average molecular weight is 270 g/mol. The number of rotatable bonds is 1. The van der Waals surface area contributed by atoms with E-state index in [-0.39, 0.29) is 11.5 Å². The summed E-state index contributed by atoms with van der Waals surface area (Å²) in [7, 11) is 0. The van der Waals surface area contributed by atoms with Crippen LogP contribution in [-0.4, -0.2) is 0 Å². The first-order chi connectivity index (χ1) is 9.40. The van der Waals surface area contributed by atoms with E-state index in [1.54, 1.807) is 0 Å². The van der Waals surface area contributed by atoms with Gasteiger partial charge < -0.3 is 8.83 Å². The van der Waals surface area contributed by atoms with Crippen molar-refractivity contribution < 1.29 is 8.83 Å². The van der Waals surface area contributed by atoms with E-state index < -0.39 is 0 Å². The van der Waals surface area contributed by atoms with Crippen molar-refractivity contribution in [1.82, 2.24) is 0 Å². The first kappa shape index (κ1) is 13.0. The number of aryl methyl sites for hydroxylation is 3. The molecule has 3 heteroatoms. The van der Waals surface area contributed by atoms with Gasteiger partial charge in [0.05, 0.1) is 0 Å². The van der Waals surface area contributed by atoms with E-state index in [1.165, 1.54) is 0 Å². The van der Waals surface area contributed by atoms with E-state index in [1.807, 2.05) is 40.7 Å². The Morgan fingerprint density at radius 3 is 2.15 bits per heavy atom. The summed E-state index contributed by atoms with van der Waals surface area (Å²) >= 11 is 0. The fourth-order valence-electron chi connectivity index (χ4n) is 2.87. The van der Waals surface area contributed by atoms with Gasteiger partial charge in [-0.3, -0.25) is 0 Å². The van der Waals surface area contributed by atoms with Crippen molar-refractivity contribution in [3.8, 4) is 0 Å². The number of hydrogen-bond donors (Lipinski definition) is 0. The van der Waals surface area contributed by atoms with Crippen molar-refractivity contribution in [1.29, 1.82) is 0 Å². The van der Waals surface area contributed by atoms with Gasteiger partial charge in [0.15, 0.2) is 0 Å². The van der Waals surface area contributed by atoms with Gasteiger partial charge in [0.2, 0.25) is 0 Å². The second kappa shape index (κ2) is 4.23. The Morgan fingerprint density at radius 2 is 1.50 bits per heavy atom. The Kier molecular flexibility index (Phi) is 2.75. The maximum absolute atomic E-state index is 12.1. The van der Waals surface area contributed by atoms with Crippen molar-refractivity contribution in [2.24, 2.45) is 0 Å². The molecule has 0 atom stereocenters. The fourth-order valence-corrected chi connectivity index (χ4v) is 2.87. The highest BCUT2D eigenvalue weighted by atomic mass is 16.4. The molecular formula is C17H18O3. The van der Waals surface area contributed by atoms with Crippen molar-refractivity contribution >= 4 is 21.9 Å². The molecule has 0 saturated carbocycles. The molecule has 20 heavy (non-hydrogen) atoms. The number of hydrogen-bond acceptors (Lipinski definition) is 3. The minimum atomic E-state index is -0.246. The molecule has 0 aliphatic rings. The molecule has 0 N–H and O–H groups in total. The summed E-state index contributed by atoms with van der Waals surface area (Å²) in [6.45, 7) is 10.0. The minimum Gasteiger partial charge on any atom is -0.461 e. The zero-order chi connectivity index (χ0) is 14.6. The van der Waals surface area contributed by atoms with Gasteiger partial charge in [-0.05, 0) is 43.9 Å². The topological polar surface area (TPSA) is 43.4 Å². The molecule has 3 rings (SSSR count). The second-order valence-corrected chi connectivity index (χ2v) is 5.71. The third kappa shape index (κ3) is 1.69. The number of fused-ring (bicyclic) bond motifs is 2. The summed E-state index contributed by atoms with van der Waals surface area (Å²) in [4.78, 5) is 12.1. The molecule has 0 unspecified atom stereocenters. The van der Waals surface area contributed by atoms with Crippen LogP contribution in [0.5, 0.6) is 0 Å². The molecule has 0 aliphatic heterocycles. The van der Waals surface area contributed by atoms with Crippen LogP contribution < -0.4 is 5.63 Å². The van der Waals surface area contributed by atoms with Gasteiger partial charge in [0.25, 0.3) is 0 Å². The summed E-state index contributed by atoms with van der Waals surface area (Å²) in [6, 6.07) is 3.89. The highest BCUT2D eigenvalue weighted by molar-refractivity contribution is 5.96. The highest BCUT2D eigenvalue weighted by Gasteiger charge is 2.16. The molecule has 1 aromatic carbocycles. The lowest BCUT2D eigenvalue weighted by Gasteiger charge is -2.10. The molecule has 0 radical (unpaired) electrons. The standard InChI is InChI=1S/C17H18O3/c1-8(2)16-10(4)13-6-12-9(3)11(5)19-14(12)7-15(13)20-17(16)18/h6-8H,1-5H3. The van der Waals surface area contributed by atoms with Gasteiger partial charge in [0.1, 0.15) is 16.9 Å². The predicted molar refractivity (Wildman–Crippen MR) is 80.6 cm³/mol. The highest BCUT2D eigenvalue weighted by Crippen LogP contribution is 2.31. The molecule has 0 spiro atoms. The van der Waals surface area contributed by atoms with E-state index in [2.05, 4.69) is 6.07 Å². The Balaban J connectivity index is 2.50. The number of benzene rings is 1. The Bertz CT molecular complexity index is 879. The van der Waals surface area contributed by atoms with Crippen molar-refractivity contribution in [3.63, 3.8) is 0 Å². The normalized spacial score (nSPS) is 11.9. The van der Waals surface area contributed by atoms with E-state index in [9.17, 15) is 4.79 Å². The SMILES string of the molecule is Cc1oc2cc3oc(=O)c(C(C)C)c(C)c3cc2c1C. The molecular weight excluding hydrogens is 252 g/mol. The molecule has 0 bridgehead atoms. The van der Waals surface area contributed by atoms with Crippen LogP contribution in [0.25, 0.3) is 21.9 Å². The maximum atomic E-state index is 12.1. The minimum absolute atomic E-state index is 0.151. The summed E-state index contributed by atoms with van der Waals surface area (Å²) in [5, 5.41) is 2.08. The Hall–Kier alpha value is -2.03. The van der Waals surface area contributed by atoms with Gasteiger partial charge in [-0.1, -0.05) is 13.8 Å². The van der Waals surface area contributed by atoms with E-state index >= 15 is 0 Å². The van der Waals surface area contributed by atoms with Crippen LogP contribution in [-0.2, 0) is 0 Å². The Labute approximate surface area is 117 Å². The smallest absolute Gasteiger partial charge is 0.339 e. The molecule has 2 heterocycles. The van der Waals surface area contributed by atoms with Crippen LogP contribution in [0.15, 0.2) is 25.8 Å². The number of furan rings is 1. The molecule has 0 saturated heterocycles. The van der Waals surface area contributed by atoms with Gasteiger partial charge >= 0.3 is 5.63 Å². The van der Waals surface area contributed by atoms with Gasteiger partial charge in [-0.15, -0.1) is 0 Å². The van der Waals surface area contributed by atoms with Crippen LogP contribution in [0.3, 0.4) is 0 Å². The fraction of sp³-hybridized carbons (Fsp3) is 0.353. The third-order valence-electron chi connectivity index (χ3n) is 4.08. The first-order valence-electron chi connectivity index (χ1n) is 6.87. The molecule has 104 valence electrons. The zero-order valence-corrected chi connectivity index (χ0v) is 12.5. The molecule has 0 aliphatic carbocycles. The summed E-state index contributed by atoms with van der Waals surface area (Å²) < 4.78 is 11.2. The first-order valence-corrected chi connectivity index (χ1v) is 6.87. The van der Waals surface area contributed by atoms with E-state index in [4.69, 9.17) is 8.83 Å². The summed E-state index contributed by atoms with van der Waals surface area (Å²) in [6.07, 6.45) is 0. The lowest BCUT2D eigenvalue weighted by atomic mass is 9.96. The van der Waals surface area contributed by atoms with Crippen molar-refractivity contribution in [2.45, 2.75) is 40.5 Å². The third-order valence-corrected chi connectivity index (χ3v) is 4.08. The maximum Gasteiger partial charge on any atom is 0.339 e. The van der Waals surface area contributed by atoms with Crippen LogP contribution in [0.2, 0.25) is 0 Å². The quantitative estimate of drug-likeness (QED) is 0.607. The van der Waals surface area contributed by atoms with Crippen LogP contribution in [0.4, 0.5) is 0 Å². The zero-order valence-electron chi connectivity index (χ0n) is 12.5. The lowest BCUT2D eigenvalue weighted by molar-refractivity contribution is 0.539. The molecule has 0 amide bonds. The predicted octanol–water partition coefficient (Wildman–Crippen LogP) is 4.59. The van der Waals surface area contributed by atoms with Crippen molar-refractivity contribution in [3.05, 3.63) is 45.0 Å². The largest absolute Gasteiger partial charge is 0.461 e. The van der Waals surface area contributed by atoms with Crippen LogP contribution >= 0.6 is 0 Å².